The topological polar surface area (TPSA) is 87.2 Å². The Bertz CT molecular complexity index is 932. The van der Waals surface area contributed by atoms with Gasteiger partial charge in [0.25, 0.3) is 5.91 Å². The molecule has 5 nitrogen and oxygen atoms in total. The van der Waals surface area contributed by atoms with Crippen LogP contribution in [0.2, 0.25) is 0 Å². The van der Waals surface area contributed by atoms with Gasteiger partial charge >= 0.3 is 0 Å². The van der Waals surface area contributed by atoms with Crippen molar-refractivity contribution in [2.75, 3.05) is 4.90 Å². The summed E-state index contributed by atoms with van der Waals surface area (Å²) in [4.78, 5) is 26.2. The summed E-state index contributed by atoms with van der Waals surface area (Å²) in [6.07, 6.45) is 0.514. The highest BCUT2D eigenvalue weighted by atomic mass is 32.2. The Balaban J connectivity index is 2.04. The normalized spacial score (nSPS) is 18.5. The van der Waals surface area contributed by atoms with Gasteiger partial charge in [0.1, 0.15) is 16.7 Å². The fourth-order valence-corrected chi connectivity index (χ4v) is 4.15. The first kappa shape index (κ1) is 17.8. The number of para-hydroxylation sites is 1. The number of carbonyl (C=O) groups is 2. The summed E-state index contributed by atoms with van der Waals surface area (Å²) >= 11 is 1.22. The third-order valence-corrected chi connectivity index (χ3v) is 5.47. The number of aryl methyl sites for hydroxylation is 1. The van der Waals surface area contributed by atoms with Crippen molar-refractivity contribution in [3.8, 4) is 6.07 Å². The molecule has 0 aromatic heterocycles. The molecule has 26 heavy (non-hydrogen) atoms. The second-order valence-electron chi connectivity index (χ2n) is 5.90. The lowest BCUT2D eigenvalue weighted by Gasteiger charge is -2.18. The molecule has 0 unspecified atom stereocenters. The Morgan fingerprint density at radius 1 is 1.19 bits per heavy atom. The van der Waals surface area contributed by atoms with Crippen molar-refractivity contribution >= 4 is 29.3 Å². The SMILES string of the molecule is Cc1ccccc1C[C@@H]1S/C(=C(/C#N)C(N)=O)N(c2ccccc2)C1=O. The van der Waals surface area contributed by atoms with E-state index in [1.807, 2.05) is 43.3 Å². The van der Waals surface area contributed by atoms with Crippen molar-refractivity contribution in [2.24, 2.45) is 5.73 Å². The zero-order valence-corrected chi connectivity index (χ0v) is 15.0. The Morgan fingerprint density at radius 3 is 2.46 bits per heavy atom. The van der Waals surface area contributed by atoms with Gasteiger partial charge in [-0.3, -0.25) is 14.5 Å². The highest BCUT2D eigenvalue weighted by Crippen LogP contribution is 2.41. The first-order valence-corrected chi connectivity index (χ1v) is 8.95. The molecule has 1 heterocycles. The minimum atomic E-state index is -0.833. The van der Waals surface area contributed by atoms with E-state index in [2.05, 4.69) is 0 Å². The van der Waals surface area contributed by atoms with E-state index in [-0.39, 0.29) is 11.5 Å². The van der Waals surface area contributed by atoms with Crippen molar-refractivity contribution < 1.29 is 9.59 Å². The molecule has 130 valence electrons. The fraction of sp³-hybridized carbons (Fsp3) is 0.150. The average Bonchev–Trinajstić information content (AvgIpc) is 2.94. The van der Waals surface area contributed by atoms with Crippen molar-refractivity contribution in [1.82, 2.24) is 0 Å². The van der Waals surface area contributed by atoms with Crippen LogP contribution in [0.3, 0.4) is 0 Å². The van der Waals surface area contributed by atoms with E-state index in [1.54, 1.807) is 24.3 Å². The molecule has 1 saturated heterocycles. The molecule has 1 aliphatic heterocycles. The number of nitrogens with two attached hydrogens (primary N) is 1. The van der Waals surface area contributed by atoms with Gasteiger partial charge in [0.15, 0.2) is 0 Å². The van der Waals surface area contributed by atoms with Crippen LogP contribution < -0.4 is 10.6 Å². The number of amides is 2. The molecule has 0 bridgehead atoms. The summed E-state index contributed by atoms with van der Waals surface area (Å²) in [6.45, 7) is 2.00. The number of benzene rings is 2. The van der Waals surface area contributed by atoms with Gasteiger partial charge in [0.2, 0.25) is 5.91 Å². The van der Waals surface area contributed by atoms with Crippen LogP contribution in [0.25, 0.3) is 0 Å². The number of carbonyl (C=O) groups excluding carboxylic acids is 2. The zero-order valence-electron chi connectivity index (χ0n) is 14.2. The van der Waals surface area contributed by atoms with Gasteiger partial charge in [0, 0.05) is 5.69 Å². The van der Waals surface area contributed by atoms with E-state index in [1.165, 1.54) is 16.7 Å². The van der Waals surface area contributed by atoms with Crippen LogP contribution >= 0.6 is 11.8 Å². The third-order valence-electron chi connectivity index (χ3n) is 4.21. The number of rotatable bonds is 4. The van der Waals surface area contributed by atoms with Gasteiger partial charge < -0.3 is 5.73 Å². The Hall–Kier alpha value is -3.04. The van der Waals surface area contributed by atoms with E-state index < -0.39 is 11.2 Å². The number of nitriles is 1. The molecule has 1 atom stereocenters. The van der Waals surface area contributed by atoms with Crippen LogP contribution in [0.4, 0.5) is 5.69 Å². The third kappa shape index (κ3) is 3.35. The van der Waals surface area contributed by atoms with Crippen molar-refractivity contribution in [3.05, 3.63) is 76.3 Å². The summed E-state index contributed by atoms with van der Waals surface area (Å²) in [5.74, 6) is -0.992. The summed E-state index contributed by atoms with van der Waals surface area (Å²) in [7, 11) is 0. The van der Waals surface area contributed by atoms with Crippen LogP contribution in [-0.2, 0) is 16.0 Å². The Labute approximate surface area is 156 Å². The molecule has 2 aromatic rings. The van der Waals surface area contributed by atoms with Crippen LogP contribution in [-0.4, -0.2) is 17.1 Å². The lowest BCUT2D eigenvalue weighted by atomic mass is 10.0. The van der Waals surface area contributed by atoms with E-state index in [4.69, 9.17) is 5.73 Å². The number of anilines is 1. The molecule has 2 N–H and O–H groups in total. The predicted molar refractivity (Wildman–Crippen MR) is 102 cm³/mol. The maximum atomic E-state index is 13.1. The van der Waals surface area contributed by atoms with Gasteiger partial charge in [0.05, 0.1) is 5.25 Å². The molecule has 0 saturated carbocycles. The van der Waals surface area contributed by atoms with E-state index in [0.717, 1.165) is 11.1 Å². The molecular weight excluding hydrogens is 346 g/mol. The molecule has 0 radical (unpaired) electrons. The summed E-state index contributed by atoms with van der Waals surface area (Å²) in [6, 6.07) is 18.7. The maximum Gasteiger partial charge on any atom is 0.262 e. The molecule has 1 fully saturated rings. The van der Waals surface area contributed by atoms with Crippen LogP contribution in [0.1, 0.15) is 11.1 Å². The number of thioether (sulfide) groups is 1. The first-order chi connectivity index (χ1) is 12.5. The minimum absolute atomic E-state index is 0.159. The van der Waals surface area contributed by atoms with Gasteiger partial charge in [-0.25, -0.2) is 0 Å². The second-order valence-corrected chi connectivity index (χ2v) is 7.09. The van der Waals surface area contributed by atoms with Crippen molar-refractivity contribution in [3.63, 3.8) is 0 Å². The molecule has 3 rings (SSSR count). The quantitative estimate of drug-likeness (QED) is 0.668. The highest BCUT2D eigenvalue weighted by molar-refractivity contribution is 8.05. The fourth-order valence-electron chi connectivity index (χ4n) is 2.85. The average molecular weight is 363 g/mol. The summed E-state index contributed by atoms with van der Waals surface area (Å²) in [5.41, 5.74) is 7.94. The molecule has 1 aliphatic rings. The maximum absolute atomic E-state index is 13.1. The molecule has 2 amide bonds. The van der Waals surface area contributed by atoms with Crippen molar-refractivity contribution in [2.45, 2.75) is 18.6 Å². The van der Waals surface area contributed by atoms with Crippen LogP contribution in [0.15, 0.2) is 65.2 Å². The number of nitrogens with zero attached hydrogens (tertiary/aromatic N) is 2. The number of hydrogen-bond donors (Lipinski definition) is 1. The predicted octanol–water partition coefficient (Wildman–Crippen LogP) is 2.91. The van der Waals surface area contributed by atoms with Gasteiger partial charge in [-0.1, -0.05) is 54.2 Å². The van der Waals surface area contributed by atoms with Gasteiger partial charge in [-0.05, 0) is 36.6 Å². The zero-order chi connectivity index (χ0) is 18.7. The lowest BCUT2D eigenvalue weighted by Crippen LogP contribution is -2.31. The number of hydrogen-bond acceptors (Lipinski definition) is 4. The van der Waals surface area contributed by atoms with Crippen molar-refractivity contribution in [1.29, 1.82) is 5.26 Å². The number of primary amides is 1. The molecule has 2 aromatic carbocycles. The summed E-state index contributed by atoms with van der Waals surface area (Å²) in [5, 5.41) is 9.25. The Morgan fingerprint density at radius 2 is 1.85 bits per heavy atom. The minimum Gasteiger partial charge on any atom is -0.365 e. The molecular formula is C20H17N3O2S. The standard InChI is InChI=1S/C20H17N3O2S/c1-13-7-5-6-8-14(13)11-17-19(25)23(15-9-3-2-4-10-15)20(26-17)16(12-21)18(22)24/h2-10,17H,11H2,1H3,(H2,22,24)/b20-16-/t17-/m0/s1. The largest absolute Gasteiger partial charge is 0.365 e. The first-order valence-electron chi connectivity index (χ1n) is 8.07. The smallest absolute Gasteiger partial charge is 0.262 e. The molecule has 0 aliphatic carbocycles. The van der Waals surface area contributed by atoms with E-state index in [9.17, 15) is 14.9 Å². The lowest BCUT2D eigenvalue weighted by molar-refractivity contribution is -0.117. The van der Waals surface area contributed by atoms with Crippen LogP contribution in [0.5, 0.6) is 0 Å². The summed E-state index contributed by atoms with van der Waals surface area (Å²) < 4.78 is 0. The monoisotopic (exact) mass is 363 g/mol. The highest BCUT2D eigenvalue weighted by Gasteiger charge is 2.40. The molecule has 0 spiro atoms. The van der Waals surface area contributed by atoms with Crippen LogP contribution in [0, 0.1) is 18.3 Å². The van der Waals surface area contributed by atoms with Gasteiger partial charge in [-0.15, -0.1) is 0 Å². The van der Waals surface area contributed by atoms with E-state index >= 15 is 0 Å². The van der Waals surface area contributed by atoms with E-state index in [0.29, 0.717) is 17.1 Å². The van der Waals surface area contributed by atoms with Gasteiger partial charge in [-0.2, -0.15) is 5.26 Å². The Kier molecular flexibility index (Phi) is 5.10. The second kappa shape index (κ2) is 7.46. The molecule has 6 heteroatoms.